The lowest BCUT2D eigenvalue weighted by Crippen LogP contribution is -2.36. The highest BCUT2D eigenvalue weighted by Gasteiger charge is 2.29. The first-order valence-corrected chi connectivity index (χ1v) is 10.6. The summed E-state index contributed by atoms with van der Waals surface area (Å²) in [5, 5.41) is 15.8. The van der Waals surface area contributed by atoms with Crippen molar-refractivity contribution in [2.75, 3.05) is 6.54 Å². The van der Waals surface area contributed by atoms with Gasteiger partial charge in [-0.2, -0.15) is 0 Å². The lowest BCUT2D eigenvalue weighted by atomic mass is 9.75. The van der Waals surface area contributed by atoms with E-state index >= 15 is 0 Å². The van der Waals surface area contributed by atoms with Crippen molar-refractivity contribution < 1.29 is 14.3 Å². The molecule has 1 saturated carbocycles. The van der Waals surface area contributed by atoms with Crippen LogP contribution in [0.15, 0.2) is 59.9 Å². The molecule has 162 valence electrons. The van der Waals surface area contributed by atoms with Gasteiger partial charge in [-0.1, -0.05) is 19.1 Å². The lowest BCUT2D eigenvalue weighted by molar-refractivity contribution is 0.0960. The molecule has 5 N–H and O–H groups in total. The molecule has 0 saturated heterocycles. The Kier molecular flexibility index (Phi) is 6.04. The smallest absolute Gasteiger partial charge is 0.274 e. The van der Waals surface area contributed by atoms with Gasteiger partial charge in [0.05, 0.1) is 11.4 Å². The Morgan fingerprint density at radius 2 is 2.10 bits per heavy atom. The number of amides is 1. The molecule has 1 aromatic carbocycles. The second-order valence-corrected chi connectivity index (χ2v) is 8.42. The fourth-order valence-corrected chi connectivity index (χ4v) is 4.54. The second kappa shape index (κ2) is 8.89. The number of benzene rings is 1. The van der Waals surface area contributed by atoms with Crippen molar-refractivity contribution in [1.29, 1.82) is 0 Å². The van der Waals surface area contributed by atoms with Crippen LogP contribution >= 0.6 is 0 Å². The monoisotopic (exact) mass is 422 g/mol. The third-order valence-electron chi connectivity index (χ3n) is 5.87. The molecular formula is C24H27FN4O2. The molecule has 2 aromatic rings. The van der Waals surface area contributed by atoms with Gasteiger partial charge in [-0.3, -0.25) is 4.79 Å². The number of carbonyl (C=O) groups is 1. The van der Waals surface area contributed by atoms with Gasteiger partial charge in [-0.15, -0.1) is 0 Å². The molecule has 0 bridgehead atoms. The first-order chi connectivity index (χ1) is 14.9. The minimum atomic E-state index is -0.518. The number of nitrogens with one attached hydrogen (secondary N) is 2. The maximum absolute atomic E-state index is 14.2. The van der Waals surface area contributed by atoms with E-state index in [0.29, 0.717) is 18.4 Å². The molecule has 0 unspecified atom stereocenters. The molecule has 2 heterocycles. The summed E-state index contributed by atoms with van der Waals surface area (Å²) in [5.41, 5.74) is 8.65. The number of pyridine rings is 1. The average molecular weight is 423 g/mol. The summed E-state index contributed by atoms with van der Waals surface area (Å²) in [4.78, 5) is 17.3. The van der Waals surface area contributed by atoms with Gasteiger partial charge in [0.25, 0.3) is 5.91 Å². The molecule has 4 rings (SSSR count). The van der Waals surface area contributed by atoms with Crippen LogP contribution in [0.2, 0.25) is 0 Å². The number of aromatic nitrogens is 1. The largest absolute Gasteiger partial charge is 0.508 e. The Balaban J connectivity index is 1.54. The topological polar surface area (TPSA) is 100 Å². The molecule has 1 fully saturated rings. The van der Waals surface area contributed by atoms with Crippen LogP contribution in [0.5, 0.6) is 5.75 Å². The van der Waals surface area contributed by atoms with E-state index in [0.717, 1.165) is 30.5 Å². The summed E-state index contributed by atoms with van der Waals surface area (Å²) in [6.45, 7) is 2.92. The minimum absolute atomic E-state index is 0.0683. The third-order valence-corrected chi connectivity index (χ3v) is 5.87. The number of nitrogens with two attached hydrogens (primary N) is 1. The lowest BCUT2D eigenvalue weighted by Gasteiger charge is -2.34. The first-order valence-electron chi connectivity index (χ1n) is 10.6. The number of dihydropyridines is 1. The predicted octanol–water partition coefficient (Wildman–Crippen LogP) is 3.46. The molecule has 1 aliphatic carbocycles. The van der Waals surface area contributed by atoms with E-state index < -0.39 is 5.82 Å². The van der Waals surface area contributed by atoms with Gasteiger partial charge in [0.1, 0.15) is 17.3 Å². The summed E-state index contributed by atoms with van der Waals surface area (Å²) in [6.07, 6.45) is 6.88. The standard InChI is InChI=1S/C24H27FN4O2/c1-14-9-15(11-16(26)10-14)18-7-8-27-13-23(18)29-24(31)22-4-2-3-21(28-22)19-12-17(30)5-6-20(19)25/h2-7,12-16,27,30H,8-11,26H2,1H3,(H,29,31)/t14-,15+,16-/m0/s1. The SMILES string of the molecule is C[C@@H]1C[C@H](N)C[C@H](C2=CCNC=C2NC(=O)c2cccc(-c3cc(O)ccc3F)n2)C1. The second-order valence-electron chi connectivity index (χ2n) is 8.42. The van der Waals surface area contributed by atoms with Crippen molar-refractivity contribution in [3.05, 3.63) is 71.5 Å². The van der Waals surface area contributed by atoms with E-state index in [-0.39, 0.29) is 34.6 Å². The molecule has 1 aliphatic heterocycles. The van der Waals surface area contributed by atoms with Gasteiger partial charge < -0.3 is 21.5 Å². The van der Waals surface area contributed by atoms with Crippen LogP contribution in [0.25, 0.3) is 11.3 Å². The van der Waals surface area contributed by atoms with Crippen molar-refractivity contribution in [1.82, 2.24) is 15.6 Å². The van der Waals surface area contributed by atoms with Crippen molar-refractivity contribution in [2.24, 2.45) is 17.6 Å². The molecule has 31 heavy (non-hydrogen) atoms. The molecule has 3 atom stereocenters. The molecule has 1 aromatic heterocycles. The number of allylic oxidation sites excluding steroid dienone is 1. The van der Waals surface area contributed by atoms with Crippen LogP contribution in [0, 0.1) is 17.7 Å². The van der Waals surface area contributed by atoms with Crippen LogP contribution < -0.4 is 16.4 Å². The van der Waals surface area contributed by atoms with E-state index in [1.807, 2.05) is 6.20 Å². The summed E-state index contributed by atoms with van der Waals surface area (Å²) in [7, 11) is 0. The van der Waals surface area contributed by atoms with Crippen LogP contribution in [-0.2, 0) is 0 Å². The molecule has 1 amide bonds. The van der Waals surface area contributed by atoms with Crippen molar-refractivity contribution in [2.45, 2.75) is 32.2 Å². The number of phenolic OH excluding ortho intramolecular Hbond substituents is 1. The Labute approximate surface area is 181 Å². The summed E-state index contributed by atoms with van der Waals surface area (Å²) < 4.78 is 14.2. The zero-order chi connectivity index (χ0) is 22.0. The van der Waals surface area contributed by atoms with E-state index in [1.165, 1.54) is 18.2 Å². The number of aromatic hydroxyl groups is 1. The number of hydrogen-bond donors (Lipinski definition) is 4. The number of rotatable bonds is 4. The molecule has 0 radical (unpaired) electrons. The highest BCUT2D eigenvalue weighted by atomic mass is 19.1. The first kappa shape index (κ1) is 21.1. The predicted molar refractivity (Wildman–Crippen MR) is 117 cm³/mol. The molecular weight excluding hydrogens is 395 g/mol. The van der Waals surface area contributed by atoms with Gasteiger partial charge in [0, 0.05) is 24.4 Å². The normalized spacial score (nSPS) is 23.4. The molecule has 6 nitrogen and oxygen atoms in total. The number of nitrogens with zero attached hydrogens (tertiary/aromatic N) is 1. The van der Waals surface area contributed by atoms with E-state index in [2.05, 4.69) is 28.6 Å². The van der Waals surface area contributed by atoms with Gasteiger partial charge >= 0.3 is 0 Å². The molecule has 7 heteroatoms. The summed E-state index contributed by atoms with van der Waals surface area (Å²) in [6, 6.07) is 8.73. The van der Waals surface area contributed by atoms with E-state index in [4.69, 9.17) is 5.73 Å². The van der Waals surface area contributed by atoms with Gasteiger partial charge in [-0.25, -0.2) is 9.37 Å². The van der Waals surface area contributed by atoms with Gasteiger partial charge in [0.15, 0.2) is 0 Å². The number of halogens is 1. The summed E-state index contributed by atoms with van der Waals surface area (Å²) in [5.74, 6) is -0.127. The number of hydrogen-bond acceptors (Lipinski definition) is 5. The van der Waals surface area contributed by atoms with Gasteiger partial charge in [0.2, 0.25) is 0 Å². The van der Waals surface area contributed by atoms with Gasteiger partial charge in [-0.05, 0) is 67.0 Å². The van der Waals surface area contributed by atoms with Crippen LogP contribution in [0.4, 0.5) is 4.39 Å². The fraction of sp³-hybridized carbons (Fsp3) is 0.333. The number of phenols is 1. The Hall–Kier alpha value is -3.19. The maximum Gasteiger partial charge on any atom is 0.274 e. The van der Waals surface area contributed by atoms with Crippen LogP contribution in [-0.4, -0.2) is 28.6 Å². The van der Waals surface area contributed by atoms with Crippen LogP contribution in [0.1, 0.15) is 36.7 Å². The quantitative estimate of drug-likeness (QED) is 0.605. The Morgan fingerprint density at radius 3 is 2.90 bits per heavy atom. The Morgan fingerprint density at radius 1 is 1.26 bits per heavy atom. The molecule has 2 aliphatic rings. The minimum Gasteiger partial charge on any atom is -0.508 e. The third kappa shape index (κ3) is 4.77. The average Bonchev–Trinajstić information content (AvgIpc) is 2.75. The highest BCUT2D eigenvalue weighted by molar-refractivity contribution is 5.94. The van der Waals surface area contributed by atoms with E-state index in [1.54, 1.807) is 18.2 Å². The van der Waals surface area contributed by atoms with Crippen molar-refractivity contribution in [3.8, 4) is 17.0 Å². The summed E-state index contributed by atoms with van der Waals surface area (Å²) >= 11 is 0. The van der Waals surface area contributed by atoms with Crippen LogP contribution in [0.3, 0.4) is 0 Å². The zero-order valence-corrected chi connectivity index (χ0v) is 17.4. The Bertz CT molecular complexity index is 1040. The number of carbonyl (C=O) groups excluding carboxylic acids is 1. The van der Waals surface area contributed by atoms with Crippen molar-refractivity contribution in [3.63, 3.8) is 0 Å². The zero-order valence-electron chi connectivity index (χ0n) is 17.4. The highest BCUT2D eigenvalue weighted by Crippen LogP contribution is 2.36. The van der Waals surface area contributed by atoms with Crippen molar-refractivity contribution >= 4 is 5.91 Å². The molecule has 0 spiro atoms. The van der Waals surface area contributed by atoms with E-state index in [9.17, 15) is 14.3 Å². The maximum atomic E-state index is 14.2. The fourth-order valence-electron chi connectivity index (χ4n) is 4.54.